The summed E-state index contributed by atoms with van der Waals surface area (Å²) in [6, 6.07) is 19.1. The summed E-state index contributed by atoms with van der Waals surface area (Å²) in [6.45, 7) is 3.08. The van der Waals surface area contributed by atoms with Crippen LogP contribution in [-0.4, -0.2) is 40.7 Å². The molecule has 1 aliphatic rings. The highest BCUT2D eigenvalue weighted by Gasteiger charge is 2.20. The molecule has 0 spiro atoms. The van der Waals surface area contributed by atoms with Crippen molar-refractivity contribution >= 4 is 39.2 Å². The molecule has 0 bridgehead atoms. The van der Waals surface area contributed by atoms with E-state index >= 15 is 0 Å². The SMILES string of the molecule is O=C(CSCc1nc2ccccc2s1)NC1CCN(Cc2ccccc2)CC1. The normalized spacial score (nSPS) is 15.7. The van der Waals surface area contributed by atoms with E-state index in [4.69, 9.17) is 0 Å². The van der Waals surface area contributed by atoms with E-state index < -0.39 is 0 Å². The van der Waals surface area contributed by atoms with Gasteiger partial charge >= 0.3 is 0 Å². The average molecular weight is 412 g/mol. The average Bonchev–Trinajstić information content (AvgIpc) is 3.13. The Morgan fingerprint density at radius 2 is 1.86 bits per heavy atom. The summed E-state index contributed by atoms with van der Waals surface area (Å²) >= 11 is 3.36. The Morgan fingerprint density at radius 3 is 2.64 bits per heavy atom. The minimum atomic E-state index is 0.146. The summed E-state index contributed by atoms with van der Waals surface area (Å²) in [7, 11) is 0. The van der Waals surface area contributed by atoms with Crippen molar-refractivity contribution in [3.63, 3.8) is 0 Å². The Labute approximate surface area is 174 Å². The van der Waals surface area contributed by atoms with Crippen LogP contribution in [0.4, 0.5) is 0 Å². The van der Waals surface area contributed by atoms with Crippen LogP contribution in [0.3, 0.4) is 0 Å². The van der Waals surface area contributed by atoms with Crippen LogP contribution in [0.25, 0.3) is 10.2 Å². The first-order valence-corrected chi connectivity index (χ1v) is 11.7. The number of nitrogens with zero attached hydrogens (tertiary/aromatic N) is 2. The number of carbonyl (C=O) groups excluding carboxylic acids is 1. The largest absolute Gasteiger partial charge is 0.353 e. The number of thioether (sulfide) groups is 1. The summed E-state index contributed by atoms with van der Waals surface area (Å²) in [6.07, 6.45) is 2.06. The predicted octanol–water partition coefficient (Wildman–Crippen LogP) is 4.31. The first-order valence-electron chi connectivity index (χ1n) is 9.74. The lowest BCUT2D eigenvalue weighted by atomic mass is 10.0. The van der Waals surface area contributed by atoms with Crippen molar-refractivity contribution in [3.05, 3.63) is 65.2 Å². The van der Waals surface area contributed by atoms with Gasteiger partial charge in [0.1, 0.15) is 5.01 Å². The molecular formula is C22H25N3OS2. The number of hydrogen-bond acceptors (Lipinski definition) is 5. The Morgan fingerprint density at radius 1 is 1.11 bits per heavy atom. The van der Waals surface area contributed by atoms with Gasteiger partial charge in [-0.15, -0.1) is 23.1 Å². The first kappa shape index (κ1) is 19.4. The Kier molecular flexibility index (Phi) is 6.62. The Balaban J connectivity index is 1.15. The van der Waals surface area contributed by atoms with Crippen LogP contribution in [0.5, 0.6) is 0 Å². The Bertz CT molecular complexity index is 871. The smallest absolute Gasteiger partial charge is 0.230 e. The maximum absolute atomic E-state index is 12.3. The van der Waals surface area contributed by atoms with Gasteiger partial charge < -0.3 is 5.32 Å². The van der Waals surface area contributed by atoms with Crippen LogP contribution in [-0.2, 0) is 17.1 Å². The highest BCUT2D eigenvalue weighted by Crippen LogP contribution is 2.24. The van der Waals surface area contributed by atoms with Crippen molar-refractivity contribution in [2.24, 2.45) is 0 Å². The molecule has 1 aromatic heterocycles. The van der Waals surface area contributed by atoms with Gasteiger partial charge in [-0.25, -0.2) is 4.98 Å². The third kappa shape index (κ3) is 5.34. The van der Waals surface area contributed by atoms with Crippen LogP contribution < -0.4 is 5.32 Å². The van der Waals surface area contributed by atoms with Crippen LogP contribution >= 0.6 is 23.1 Å². The molecule has 1 fully saturated rings. The van der Waals surface area contributed by atoms with E-state index in [1.54, 1.807) is 23.1 Å². The molecule has 0 unspecified atom stereocenters. The molecule has 6 heteroatoms. The molecule has 0 radical (unpaired) electrons. The summed E-state index contributed by atoms with van der Waals surface area (Å²) < 4.78 is 1.21. The van der Waals surface area contributed by atoms with E-state index in [0.29, 0.717) is 11.8 Å². The van der Waals surface area contributed by atoms with Crippen molar-refractivity contribution < 1.29 is 4.79 Å². The van der Waals surface area contributed by atoms with Crippen molar-refractivity contribution in [3.8, 4) is 0 Å². The van der Waals surface area contributed by atoms with E-state index in [1.807, 2.05) is 18.2 Å². The fourth-order valence-corrected chi connectivity index (χ4v) is 5.42. The fourth-order valence-electron chi connectivity index (χ4n) is 3.56. The van der Waals surface area contributed by atoms with Crippen molar-refractivity contribution in [1.82, 2.24) is 15.2 Å². The number of piperidine rings is 1. The summed E-state index contributed by atoms with van der Waals surface area (Å²) in [4.78, 5) is 19.4. The second kappa shape index (κ2) is 9.54. The van der Waals surface area contributed by atoms with Crippen LogP contribution in [0.1, 0.15) is 23.4 Å². The molecule has 28 heavy (non-hydrogen) atoms. The number of carbonyl (C=O) groups is 1. The molecule has 2 heterocycles. The molecule has 4 nitrogen and oxygen atoms in total. The minimum Gasteiger partial charge on any atom is -0.353 e. The number of amides is 1. The predicted molar refractivity (Wildman–Crippen MR) is 119 cm³/mol. The lowest BCUT2D eigenvalue weighted by Crippen LogP contribution is -2.44. The Hall–Kier alpha value is -1.89. The van der Waals surface area contributed by atoms with Gasteiger partial charge in [0, 0.05) is 31.4 Å². The molecule has 1 N–H and O–H groups in total. The third-order valence-electron chi connectivity index (χ3n) is 5.00. The highest BCUT2D eigenvalue weighted by molar-refractivity contribution is 7.99. The van der Waals surface area contributed by atoms with Crippen molar-refractivity contribution in [1.29, 1.82) is 0 Å². The highest BCUT2D eigenvalue weighted by atomic mass is 32.2. The van der Waals surface area contributed by atoms with Gasteiger partial charge in [-0.3, -0.25) is 9.69 Å². The van der Waals surface area contributed by atoms with Gasteiger partial charge in [-0.05, 0) is 30.5 Å². The number of likely N-dealkylation sites (tertiary alicyclic amines) is 1. The topological polar surface area (TPSA) is 45.2 Å². The third-order valence-corrected chi connectivity index (χ3v) is 7.16. The standard InChI is InChI=1S/C22H25N3OS2/c26-21(15-27-16-22-24-19-8-4-5-9-20(19)28-22)23-18-10-12-25(13-11-18)14-17-6-2-1-3-7-17/h1-9,18H,10-16H2,(H,23,26). The zero-order valence-corrected chi connectivity index (χ0v) is 17.5. The van der Waals surface area contributed by atoms with Crippen LogP contribution in [0.15, 0.2) is 54.6 Å². The molecule has 0 atom stereocenters. The van der Waals surface area contributed by atoms with Crippen LogP contribution in [0, 0.1) is 0 Å². The molecule has 1 amide bonds. The number of fused-ring (bicyclic) bond motifs is 1. The van der Waals surface area contributed by atoms with Gasteiger partial charge in [0.25, 0.3) is 0 Å². The van der Waals surface area contributed by atoms with Gasteiger partial charge in [0.2, 0.25) is 5.91 Å². The van der Waals surface area contributed by atoms with Gasteiger partial charge in [-0.2, -0.15) is 0 Å². The number of nitrogens with one attached hydrogen (secondary N) is 1. The summed E-state index contributed by atoms with van der Waals surface area (Å²) in [5, 5.41) is 4.30. The number of aromatic nitrogens is 1. The molecule has 146 valence electrons. The lowest BCUT2D eigenvalue weighted by molar-refractivity contribution is -0.119. The second-order valence-corrected chi connectivity index (χ2v) is 9.27. The molecule has 1 saturated heterocycles. The summed E-state index contributed by atoms with van der Waals surface area (Å²) in [5.41, 5.74) is 2.41. The molecular weight excluding hydrogens is 386 g/mol. The van der Waals surface area contributed by atoms with Gasteiger partial charge in [0.05, 0.1) is 16.0 Å². The number of rotatable bonds is 7. The van der Waals surface area contributed by atoms with E-state index in [2.05, 4.69) is 51.6 Å². The molecule has 2 aromatic carbocycles. The molecule has 0 saturated carbocycles. The maximum Gasteiger partial charge on any atom is 0.230 e. The molecule has 1 aliphatic heterocycles. The maximum atomic E-state index is 12.3. The quantitative estimate of drug-likeness (QED) is 0.629. The molecule has 0 aliphatic carbocycles. The summed E-state index contributed by atoms with van der Waals surface area (Å²) in [5.74, 6) is 1.44. The number of hydrogen-bond donors (Lipinski definition) is 1. The number of benzene rings is 2. The minimum absolute atomic E-state index is 0.146. The molecule has 3 aromatic rings. The fraction of sp³-hybridized carbons (Fsp3) is 0.364. The van der Waals surface area contributed by atoms with Crippen molar-refractivity contribution in [2.75, 3.05) is 18.8 Å². The zero-order valence-electron chi connectivity index (χ0n) is 15.8. The van der Waals surface area contributed by atoms with Gasteiger partial charge in [-0.1, -0.05) is 42.5 Å². The van der Waals surface area contributed by atoms with Gasteiger partial charge in [0.15, 0.2) is 0 Å². The van der Waals surface area contributed by atoms with E-state index in [9.17, 15) is 4.79 Å². The van der Waals surface area contributed by atoms with E-state index in [-0.39, 0.29) is 5.91 Å². The van der Waals surface area contributed by atoms with Crippen LogP contribution in [0.2, 0.25) is 0 Å². The van der Waals surface area contributed by atoms with E-state index in [0.717, 1.165) is 48.8 Å². The second-order valence-electron chi connectivity index (χ2n) is 7.17. The number of para-hydroxylation sites is 1. The monoisotopic (exact) mass is 411 g/mol. The molecule has 4 rings (SSSR count). The zero-order chi connectivity index (χ0) is 19.2. The van der Waals surface area contributed by atoms with E-state index in [1.165, 1.54) is 10.3 Å². The van der Waals surface area contributed by atoms with Crippen molar-refractivity contribution in [2.45, 2.75) is 31.2 Å². The number of thiazole rings is 1. The lowest BCUT2D eigenvalue weighted by Gasteiger charge is -2.32. The first-order chi connectivity index (χ1) is 13.8.